The Labute approximate surface area is 139 Å². The van der Waals surface area contributed by atoms with Gasteiger partial charge < -0.3 is 25.0 Å². The number of hydrogen-bond acceptors (Lipinski definition) is 4. The lowest BCUT2D eigenvalue weighted by molar-refractivity contribution is -0.127. The van der Waals surface area contributed by atoms with E-state index < -0.39 is 0 Å². The van der Waals surface area contributed by atoms with Crippen molar-refractivity contribution in [1.29, 1.82) is 0 Å². The molecule has 7 nitrogen and oxygen atoms in total. The summed E-state index contributed by atoms with van der Waals surface area (Å²) in [5.41, 5.74) is 1.00. The van der Waals surface area contributed by atoms with E-state index in [1.807, 2.05) is 6.92 Å². The molecule has 0 aromatic heterocycles. The number of hydrogen-bond donors (Lipinski definition) is 2. The average molecular weight is 326 g/mol. The minimum absolute atomic E-state index is 0.0361. The molecule has 23 heavy (non-hydrogen) atoms. The summed E-state index contributed by atoms with van der Waals surface area (Å²) in [6.45, 7) is 9.44. The van der Waals surface area contributed by atoms with Crippen LogP contribution >= 0.6 is 0 Å². The van der Waals surface area contributed by atoms with Gasteiger partial charge in [-0.25, -0.2) is 4.99 Å². The highest BCUT2D eigenvalue weighted by Crippen LogP contribution is 2.07. The van der Waals surface area contributed by atoms with Gasteiger partial charge in [0.25, 0.3) is 0 Å². The first-order chi connectivity index (χ1) is 11.0. The largest absolute Gasteiger partial charge is 0.379 e. The van der Waals surface area contributed by atoms with Crippen molar-refractivity contribution in [1.82, 2.24) is 15.5 Å². The Morgan fingerprint density at radius 2 is 2.22 bits per heavy atom. The molecule has 0 aromatic rings. The Morgan fingerprint density at radius 1 is 1.43 bits per heavy atom. The molecule has 1 aliphatic rings. The molecule has 132 valence electrons. The number of nitrogens with one attached hydrogen (secondary N) is 2. The zero-order valence-corrected chi connectivity index (χ0v) is 14.6. The van der Waals surface area contributed by atoms with Crippen LogP contribution in [0.3, 0.4) is 0 Å². The second-order valence-corrected chi connectivity index (χ2v) is 5.90. The summed E-state index contributed by atoms with van der Waals surface area (Å²) in [4.78, 5) is 17.4. The van der Waals surface area contributed by atoms with Crippen LogP contribution in [-0.2, 0) is 14.3 Å². The van der Waals surface area contributed by atoms with E-state index in [0.29, 0.717) is 25.7 Å². The van der Waals surface area contributed by atoms with Crippen LogP contribution in [0, 0.1) is 0 Å². The Bertz CT molecular complexity index is 404. The summed E-state index contributed by atoms with van der Waals surface area (Å²) in [7, 11) is 3.44. The molecule has 1 unspecified atom stereocenters. The smallest absolute Gasteiger partial charge is 0.243 e. The van der Waals surface area contributed by atoms with Gasteiger partial charge in [-0.3, -0.25) is 4.79 Å². The molecule has 1 saturated heterocycles. The van der Waals surface area contributed by atoms with Crippen molar-refractivity contribution in [3.8, 4) is 0 Å². The molecule has 1 atom stereocenters. The van der Waals surface area contributed by atoms with Crippen LogP contribution < -0.4 is 10.6 Å². The van der Waals surface area contributed by atoms with Crippen molar-refractivity contribution < 1.29 is 14.3 Å². The molecule has 0 bridgehead atoms. The van der Waals surface area contributed by atoms with Crippen LogP contribution in [0.15, 0.2) is 17.1 Å². The Morgan fingerprint density at radius 3 is 2.83 bits per heavy atom. The van der Waals surface area contributed by atoms with Gasteiger partial charge in [-0.2, -0.15) is 0 Å². The molecule has 1 fully saturated rings. The van der Waals surface area contributed by atoms with Crippen molar-refractivity contribution in [2.24, 2.45) is 4.99 Å². The van der Waals surface area contributed by atoms with Gasteiger partial charge in [0.05, 0.1) is 12.7 Å². The molecular formula is C16H30N4O3. The summed E-state index contributed by atoms with van der Waals surface area (Å²) >= 11 is 0. The average Bonchev–Trinajstić information content (AvgIpc) is 3.01. The van der Waals surface area contributed by atoms with Gasteiger partial charge in [-0.15, -0.1) is 0 Å². The molecule has 1 aliphatic heterocycles. The lowest BCUT2D eigenvalue weighted by Gasteiger charge is -2.14. The van der Waals surface area contributed by atoms with E-state index in [1.54, 1.807) is 14.1 Å². The van der Waals surface area contributed by atoms with E-state index in [-0.39, 0.29) is 18.6 Å². The van der Waals surface area contributed by atoms with E-state index in [1.165, 1.54) is 4.90 Å². The van der Waals surface area contributed by atoms with Crippen molar-refractivity contribution in [3.05, 3.63) is 12.2 Å². The summed E-state index contributed by atoms with van der Waals surface area (Å²) in [6, 6.07) is 0. The summed E-state index contributed by atoms with van der Waals surface area (Å²) in [6.07, 6.45) is 2.08. The number of ether oxygens (including phenoxy) is 2. The predicted molar refractivity (Wildman–Crippen MR) is 91.6 cm³/mol. The van der Waals surface area contributed by atoms with Gasteiger partial charge in [-0.1, -0.05) is 12.2 Å². The van der Waals surface area contributed by atoms with E-state index in [4.69, 9.17) is 9.47 Å². The monoisotopic (exact) mass is 326 g/mol. The fraction of sp³-hybridized carbons (Fsp3) is 0.750. The number of guanidine groups is 1. The highest BCUT2D eigenvalue weighted by molar-refractivity contribution is 5.84. The first kappa shape index (κ1) is 19.4. The predicted octanol–water partition coefficient (Wildman–Crippen LogP) is 0.382. The summed E-state index contributed by atoms with van der Waals surface area (Å²) in [5, 5.41) is 6.36. The number of carbonyl (C=O) groups is 1. The third kappa shape index (κ3) is 9.20. The van der Waals surface area contributed by atoms with Crippen LogP contribution in [0.5, 0.6) is 0 Å². The van der Waals surface area contributed by atoms with Crippen LogP contribution in [0.1, 0.15) is 19.8 Å². The first-order valence-corrected chi connectivity index (χ1v) is 8.05. The minimum Gasteiger partial charge on any atom is -0.379 e. The summed E-state index contributed by atoms with van der Waals surface area (Å²) < 4.78 is 11.0. The molecule has 0 radical (unpaired) electrons. The standard InChI is InChI=1S/C16H30N4O3/c1-13(2)10-18-16(19-11-15(21)20(3)4)17-7-5-8-23-14-6-9-22-12-14/h14H,1,5-12H2,2-4H3,(H2,17,18,19). The second kappa shape index (κ2) is 11.0. The van der Waals surface area contributed by atoms with Crippen molar-refractivity contribution in [2.75, 3.05) is 53.6 Å². The molecule has 0 aromatic carbocycles. The number of nitrogens with zero attached hydrogens (tertiary/aromatic N) is 2. The maximum atomic E-state index is 11.6. The van der Waals surface area contributed by atoms with E-state index in [2.05, 4.69) is 22.2 Å². The molecular weight excluding hydrogens is 296 g/mol. The van der Waals surface area contributed by atoms with Gasteiger partial charge in [0.2, 0.25) is 5.91 Å². The third-order valence-corrected chi connectivity index (χ3v) is 3.28. The zero-order valence-electron chi connectivity index (χ0n) is 14.6. The van der Waals surface area contributed by atoms with Crippen LogP contribution in [0.25, 0.3) is 0 Å². The molecule has 0 spiro atoms. The quantitative estimate of drug-likeness (QED) is 0.277. The molecule has 1 rings (SSSR count). The van der Waals surface area contributed by atoms with E-state index in [0.717, 1.165) is 31.6 Å². The fourth-order valence-corrected chi connectivity index (χ4v) is 1.87. The molecule has 0 aliphatic carbocycles. The second-order valence-electron chi connectivity index (χ2n) is 5.90. The number of likely N-dealkylation sites (N-methyl/N-ethyl adjacent to an activating group) is 1. The topological polar surface area (TPSA) is 75.2 Å². The Kier molecular flexibility index (Phi) is 9.31. The molecule has 1 amide bonds. The first-order valence-electron chi connectivity index (χ1n) is 8.05. The van der Waals surface area contributed by atoms with Crippen molar-refractivity contribution in [3.63, 3.8) is 0 Å². The minimum atomic E-state index is -0.0361. The maximum Gasteiger partial charge on any atom is 0.243 e. The molecule has 1 heterocycles. The van der Waals surface area contributed by atoms with Gasteiger partial charge in [0.15, 0.2) is 5.96 Å². The molecule has 0 saturated carbocycles. The van der Waals surface area contributed by atoms with Crippen LogP contribution in [0.2, 0.25) is 0 Å². The van der Waals surface area contributed by atoms with Crippen molar-refractivity contribution in [2.45, 2.75) is 25.9 Å². The Balaban J connectivity index is 2.28. The molecule has 2 N–H and O–H groups in total. The zero-order chi connectivity index (χ0) is 17.1. The van der Waals surface area contributed by atoms with Crippen molar-refractivity contribution >= 4 is 11.9 Å². The number of aliphatic imine (C=N–C) groups is 1. The van der Waals surface area contributed by atoms with E-state index >= 15 is 0 Å². The van der Waals surface area contributed by atoms with Gasteiger partial charge >= 0.3 is 0 Å². The normalized spacial score (nSPS) is 17.9. The molecule has 7 heteroatoms. The van der Waals surface area contributed by atoms with Crippen LogP contribution in [-0.4, -0.2) is 76.4 Å². The third-order valence-electron chi connectivity index (χ3n) is 3.28. The number of carbonyl (C=O) groups excluding carboxylic acids is 1. The Hall–Kier alpha value is -1.60. The number of rotatable bonds is 9. The maximum absolute atomic E-state index is 11.6. The van der Waals surface area contributed by atoms with Gasteiger partial charge in [-0.05, 0) is 19.8 Å². The highest BCUT2D eigenvalue weighted by Gasteiger charge is 2.15. The van der Waals surface area contributed by atoms with Crippen LogP contribution in [0.4, 0.5) is 0 Å². The van der Waals surface area contributed by atoms with Gasteiger partial charge in [0, 0.05) is 40.4 Å². The SMILES string of the molecule is C=C(C)CNC(=NCC(=O)N(C)C)NCCCOC1CCOC1. The number of amides is 1. The van der Waals surface area contributed by atoms with E-state index in [9.17, 15) is 4.79 Å². The lowest BCUT2D eigenvalue weighted by atomic mass is 10.3. The van der Waals surface area contributed by atoms with Gasteiger partial charge in [0.1, 0.15) is 6.54 Å². The summed E-state index contributed by atoms with van der Waals surface area (Å²) in [5.74, 6) is 0.582. The highest BCUT2D eigenvalue weighted by atomic mass is 16.5. The lowest BCUT2D eigenvalue weighted by Crippen LogP contribution is -2.40. The fourth-order valence-electron chi connectivity index (χ4n) is 1.87.